The molecule has 0 aliphatic carbocycles. The van der Waals surface area contributed by atoms with Crippen molar-refractivity contribution in [3.05, 3.63) is 11.9 Å². The summed E-state index contributed by atoms with van der Waals surface area (Å²) in [6.45, 7) is 0. The predicted molar refractivity (Wildman–Crippen MR) is 39.0 cm³/mol. The van der Waals surface area contributed by atoms with E-state index in [-0.39, 0.29) is 0 Å². The average Bonchev–Trinajstić information content (AvgIpc) is 2.09. The molecule has 1 aromatic heterocycles. The highest BCUT2D eigenvalue weighted by Crippen LogP contribution is 2.19. The van der Waals surface area contributed by atoms with Crippen LogP contribution in [-0.2, 0) is 7.05 Å². The van der Waals surface area contributed by atoms with Gasteiger partial charge in [-0.2, -0.15) is 5.26 Å². The number of anilines is 2. The summed E-state index contributed by atoms with van der Waals surface area (Å²) in [5.41, 5.74) is 12.1. The number of nitriles is 1. The third-order valence-electron chi connectivity index (χ3n) is 1.36. The van der Waals surface area contributed by atoms with E-state index < -0.39 is 0 Å². The first-order valence-electron chi connectivity index (χ1n) is 2.77. The fraction of sp³-hybridized carbons (Fsp3) is 0.167. The summed E-state index contributed by atoms with van der Waals surface area (Å²) in [5, 5.41) is 8.51. The van der Waals surface area contributed by atoms with E-state index in [0.29, 0.717) is 17.1 Å². The van der Waals surface area contributed by atoms with Gasteiger partial charge in [-0.3, -0.25) is 0 Å². The number of rotatable bonds is 0. The highest BCUT2D eigenvalue weighted by Gasteiger charge is 2.06. The fourth-order valence-electron chi connectivity index (χ4n) is 0.809. The van der Waals surface area contributed by atoms with Gasteiger partial charge in [0.15, 0.2) is 0 Å². The lowest BCUT2D eigenvalue weighted by Gasteiger charge is -1.90. The monoisotopic (exact) mass is 136 g/mol. The normalized spacial score (nSPS) is 9.20. The molecule has 0 amide bonds. The molecule has 4 nitrogen and oxygen atoms in total. The molecule has 52 valence electrons. The van der Waals surface area contributed by atoms with Gasteiger partial charge in [-0.25, -0.2) is 0 Å². The smallest absolute Gasteiger partial charge is 0.145 e. The summed E-state index contributed by atoms with van der Waals surface area (Å²) in [6, 6.07) is 1.94. The molecule has 4 heteroatoms. The Labute approximate surface area is 58.7 Å². The third-order valence-corrected chi connectivity index (χ3v) is 1.36. The van der Waals surface area contributed by atoms with E-state index in [4.69, 9.17) is 16.7 Å². The molecule has 0 fully saturated rings. The average molecular weight is 136 g/mol. The van der Waals surface area contributed by atoms with Crippen molar-refractivity contribution in [2.75, 3.05) is 11.5 Å². The first kappa shape index (κ1) is 6.49. The van der Waals surface area contributed by atoms with Gasteiger partial charge in [-0.15, -0.1) is 0 Å². The van der Waals surface area contributed by atoms with Crippen LogP contribution in [0.3, 0.4) is 0 Å². The molecular formula is C6H8N4. The van der Waals surface area contributed by atoms with Gasteiger partial charge in [-0.05, 0) is 0 Å². The van der Waals surface area contributed by atoms with Crippen molar-refractivity contribution in [1.29, 1.82) is 5.26 Å². The Morgan fingerprint density at radius 3 is 2.40 bits per heavy atom. The molecule has 0 saturated carbocycles. The number of hydrogen-bond acceptors (Lipinski definition) is 3. The number of nitrogens with two attached hydrogens (primary N) is 2. The maximum Gasteiger partial charge on any atom is 0.145 e. The Kier molecular flexibility index (Phi) is 1.27. The molecule has 1 aromatic rings. The number of hydrogen-bond donors (Lipinski definition) is 2. The minimum atomic E-state index is 0.366. The predicted octanol–water partition coefficient (Wildman–Crippen LogP) is 0.0612. The molecule has 0 aliphatic rings. The summed E-state index contributed by atoms with van der Waals surface area (Å²) in [4.78, 5) is 0. The third kappa shape index (κ3) is 0.685. The topological polar surface area (TPSA) is 80.8 Å². The summed E-state index contributed by atoms with van der Waals surface area (Å²) in [7, 11) is 1.73. The van der Waals surface area contributed by atoms with Crippen LogP contribution >= 0.6 is 0 Å². The highest BCUT2D eigenvalue weighted by molar-refractivity contribution is 5.69. The maximum atomic E-state index is 8.51. The van der Waals surface area contributed by atoms with Crippen LogP contribution < -0.4 is 11.5 Å². The fourth-order valence-corrected chi connectivity index (χ4v) is 0.809. The van der Waals surface area contributed by atoms with Crippen LogP contribution in [-0.4, -0.2) is 4.57 Å². The molecule has 0 unspecified atom stereocenters. The summed E-state index contributed by atoms with van der Waals surface area (Å²) in [5.74, 6) is 0. The first-order valence-corrected chi connectivity index (χ1v) is 2.77. The number of nitrogens with zero attached hydrogens (tertiary/aromatic N) is 2. The van der Waals surface area contributed by atoms with Crippen LogP contribution in [0.15, 0.2) is 6.20 Å². The molecule has 0 spiro atoms. The summed E-state index contributed by atoms with van der Waals surface area (Å²) < 4.78 is 1.60. The molecule has 0 aliphatic heterocycles. The van der Waals surface area contributed by atoms with Crippen LogP contribution in [0.5, 0.6) is 0 Å². The van der Waals surface area contributed by atoms with Gasteiger partial charge in [0.05, 0.1) is 11.4 Å². The van der Waals surface area contributed by atoms with E-state index in [1.54, 1.807) is 17.8 Å². The molecule has 0 aromatic carbocycles. The van der Waals surface area contributed by atoms with Gasteiger partial charge < -0.3 is 16.0 Å². The Morgan fingerprint density at radius 2 is 2.20 bits per heavy atom. The van der Waals surface area contributed by atoms with Gasteiger partial charge in [-0.1, -0.05) is 0 Å². The quantitative estimate of drug-likeness (QED) is 0.529. The second kappa shape index (κ2) is 1.95. The van der Waals surface area contributed by atoms with E-state index in [0.717, 1.165) is 0 Å². The Bertz CT molecular complexity index is 291. The molecule has 1 heterocycles. The van der Waals surface area contributed by atoms with E-state index in [2.05, 4.69) is 0 Å². The molecule has 1 rings (SSSR count). The van der Waals surface area contributed by atoms with Crippen molar-refractivity contribution in [3.8, 4) is 6.07 Å². The molecule has 10 heavy (non-hydrogen) atoms. The molecule has 4 N–H and O–H groups in total. The minimum absolute atomic E-state index is 0.366. The Balaban J connectivity index is 3.37. The zero-order valence-electron chi connectivity index (χ0n) is 5.63. The van der Waals surface area contributed by atoms with Crippen molar-refractivity contribution in [3.63, 3.8) is 0 Å². The van der Waals surface area contributed by atoms with Crippen LogP contribution in [0.4, 0.5) is 11.4 Å². The van der Waals surface area contributed by atoms with Crippen molar-refractivity contribution in [1.82, 2.24) is 4.57 Å². The lowest BCUT2D eigenvalue weighted by atomic mass is 10.4. The van der Waals surface area contributed by atoms with E-state index >= 15 is 0 Å². The van der Waals surface area contributed by atoms with Crippen LogP contribution in [0.2, 0.25) is 0 Å². The van der Waals surface area contributed by atoms with Gasteiger partial charge >= 0.3 is 0 Å². The van der Waals surface area contributed by atoms with E-state index in [1.807, 2.05) is 6.07 Å². The van der Waals surface area contributed by atoms with Gasteiger partial charge in [0, 0.05) is 13.2 Å². The highest BCUT2D eigenvalue weighted by atomic mass is 15.0. The number of aryl methyl sites for hydroxylation is 1. The lowest BCUT2D eigenvalue weighted by molar-refractivity contribution is 0.910. The van der Waals surface area contributed by atoms with Crippen molar-refractivity contribution < 1.29 is 0 Å². The molecule has 0 radical (unpaired) electrons. The van der Waals surface area contributed by atoms with Gasteiger partial charge in [0.25, 0.3) is 0 Å². The Morgan fingerprint density at radius 1 is 1.60 bits per heavy atom. The van der Waals surface area contributed by atoms with Crippen LogP contribution in [0, 0.1) is 11.3 Å². The van der Waals surface area contributed by atoms with Crippen LogP contribution in [0.25, 0.3) is 0 Å². The summed E-state index contributed by atoms with van der Waals surface area (Å²) in [6.07, 6.45) is 1.62. The first-order chi connectivity index (χ1) is 4.66. The number of nitrogen functional groups attached to an aromatic ring is 2. The van der Waals surface area contributed by atoms with Crippen LogP contribution in [0.1, 0.15) is 5.69 Å². The largest absolute Gasteiger partial charge is 0.396 e. The van der Waals surface area contributed by atoms with Gasteiger partial charge in [0.2, 0.25) is 0 Å². The van der Waals surface area contributed by atoms with Crippen molar-refractivity contribution in [2.45, 2.75) is 0 Å². The molecule has 0 bridgehead atoms. The molecular weight excluding hydrogens is 128 g/mol. The molecule has 0 atom stereocenters. The van der Waals surface area contributed by atoms with E-state index in [9.17, 15) is 0 Å². The SMILES string of the molecule is Cn1cc(N)c(N)c1C#N. The zero-order chi connectivity index (χ0) is 7.72. The molecule has 0 saturated heterocycles. The van der Waals surface area contributed by atoms with E-state index in [1.165, 1.54) is 0 Å². The van der Waals surface area contributed by atoms with Crippen molar-refractivity contribution >= 4 is 11.4 Å². The standard InChI is InChI=1S/C6H8N4/c1-10-3-4(8)6(9)5(10)2-7/h3H,8-9H2,1H3. The van der Waals surface area contributed by atoms with Crippen molar-refractivity contribution in [2.24, 2.45) is 7.05 Å². The van der Waals surface area contributed by atoms with Gasteiger partial charge in [0.1, 0.15) is 11.8 Å². The Hall–Kier alpha value is -1.63. The zero-order valence-corrected chi connectivity index (χ0v) is 5.63. The lowest BCUT2D eigenvalue weighted by Crippen LogP contribution is -1.93. The summed E-state index contributed by atoms with van der Waals surface area (Å²) >= 11 is 0. The second-order valence-electron chi connectivity index (χ2n) is 2.07. The number of aromatic nitrogens is 1. The minimum Gasteiger partial charge on any atom is -0.396 e. The maximum absolute atomic E-state index is 8.51. The second-order valence-corrected chi connectivity index (χ2v) is 2.07.